The Morgan fingerprint density at radius 3 is 2.62 bits per heavy atom. The molecule has 0 atom stereocenters. The van der Waals surface area contributed by atoms with Crippen LogP contribution in [-0.2, 0) is 18.3 Å². The average Bonchev–Trinajstić information content (AvgIpc) is 2.98. The van der Waals surface area contributed by atoms with Crippen LogP contribution in [0.5, 0.6) is 11.5 Å². The van der Waals surface area contributed by atoms with Crippen LogP contribution in [0.1, 0.15) is 18.3 Å². The highest BCUT2D eigenvalue weighted by atomic mass is 35.5. The van der Waals surface area contributed by atoms with E-state index in [2.05, 4.69) is 14.9 Å². The fourth-order valence-corrected chi connectivity index (χ4v) is 3.22. The Morgan fingerprint density at radius 2 is 1.86 bits per heavy atom. The van der Waals surface area contributed by atoms with Crippen molar-refractivity contribution in [1.82, 2.24) is 14.5 Å². The van der Waals surface area contributed by atoms with Crippen molar-refractivity contribution in [3.8, 4) is 11.5 Å². The summed E-state index contributed by atoms with van der Waals surface area (Å²) in [4.78, 5) is 20.1. The molecule has 0 saturated carbocycles. The third-order valence-corrected chi connectivity index (χ3v) is 4.74. The molecule has 7 heteroatoms. The molecule has 0 fully saturated rings. The van der Waals surface area contributed by atoms with Gasteiger partial charge in [0, 0.05) is 43.7 Å². The molecule has 0 aliphatic heterocycles. The number of aryl methyl sites for hydroxylation is 1. The van der Waals surface area contributed by atoms with Gasteiger partial charge in [0.1, 0.15) is 23.1 Å². The lowest BCUT2D eigenvalue weighted by atomic mass is 10.1. The molecule has 1 amide bonds. The van der Waals surface area contributed by atoms with Crippen molar-refractivity contribution in [2.75, 3.05) is 5.32 Å². The van der Waals surface area contributed by atoms with Crippen LogP contribution in [0.2, 0.25) is 5.02 Å². The Morgan fingerprint density at radius 1 is 1.10 bits per heavy atom. The van der Waals surface area contributed by atoms with Gasteiger partial charge in [0.15, 0.2) is 0 Å². The Kier molecular flexibility index (Phi) is 5.18. The number of hydrogen-bond acceptors (Lipinski definition) is 4. The van der Waals surface area contributed by atoms with E-state index >= 15 is 0 Å². The highest BCUT2D eigenvalue weighted by Crippen LogP contribution is 2.27. The second-order valence-electron chi connectivity index (χ2n) is 6.70. The number of ether oxygens (including phenoxy) is 1. The van der Waals surface area contributed by atoms with Crippen molar-refractivity contribution in [2.45, 2.75) is 13.3 Å². The van der Waals surface area contributed by atoms with E-state index in [4.69, 9.17) is 21.3 Å². The molecule has 29 heavy (non-hydrogen) atoms. The number of nitrogens with one attached hydrogen (secondary N) is 1. The van der Waals surface area contributed by atoms with Gasteiger partial charge in [0.2, 0.25) is 5.91 Å². The van der Waals surface area contributed by atoms with Gasteiger partial charge < -0.3 is 14.6 Å². The molecule has 0 spiro atoms. The molecule has 2 aromatic carbocycles. The number of amides is 1. The lowest BCUT2D eigenvalue weighted by Gasteiger charge is -2.07. The van der Waals surface area contributed by atoms with Crippen molar-refractivity contribution in [3.05, 3.63) is 77.2 Å². The largest absolute Gasteiger partial charge is 0.457 e. The Balaban J connectivity index is 1.58. The number of nitrogens with zero attached hydrogens (tertiary/aromatic N) is 3. The predicted octanol–water partition coefficient (Wildman–Crippen LogP) is 4.96. The molecule has 0 aliphatic carbocycles. The molecule has 4 rings (SSSR count). The molecular formula is C22H19ClN4O2. The zero-order valence-corrected chi connectivity index (χ0v) is 16.8. The van der Waals surface area contributed by atoms with Crippen molar-refractivity contribution in [1.29, 1.82) is 0 Å². The molecule has 146 valence electrons. The fraction of sp³-hybridized carbons (Fsp3) is 0.136. The number of carbonyl (C=O) groups excluding carboxylic acids is 1. The molecule has 0 unspecified atom stereocenters. The van der Waals surface area contributed by atoms with Crippen LogP contribution >= 0.6 is 11.6 Å². The number of aromatic nitrogens is 3. The smallest absolute Gasteiger partial charge is 0.222 e. The number of pyridine rings is 1. The van der Waals surface area contributed by atoms with Crippen LogP contribution in [-0.4, -0.2) is 20.4 Å². The minimum atomic E-state index is -0.183. The van der Waals surface area contributed by atoms with E-state index in [-0.39, 0.29) is 5.91 Å². The lowest BCUT2D eigenvalue weighted by Crippen LogP contribution is -2.07. The monoisotopic (exact) mass is 406 g/mol. The number of hydrogen-bond donors (Lipinski definition) is 1. The van der Waals surface area contributed by atoms with Gasteiger partial charge in [-0.05, 0) is 35.9 Å². The SMILES string of the molecule is CC(=O)Nc1cc(Oc2ccc3c(c2)nc(Cc2ccc(Cl)cc2)n3C)ccn1. The molecule has 1 N–H and O–H groups in total. The van der Waals surface area contributed by atoms with Gasteiger partial charge in [0.05, 0.1) is 11.0 Å². The third kappa shape index (κ3) is 4.38. The molecule has 2 aromatic heterocycles. The van der Waals surface area contributed by atoms with E-state index in [0.29, 0.717) is 23.7 Å². The summed E-state index contributed by atoms with van der Waals surface area (Å²) < 4.78 is 8.01. The lowest BCUT2D eigenvalue weighted by molar-refractivity contribution is -0.114. The molecule has 4 aromatic rings. The summed E-state index contributed by atoms with van der Waals surface area (Å²) in [5.74, 6) is 2.46. The van der Waals surface area contributed by atoms with Gasteiger partial charge in [0.25, 0.3) is 0 Å². The summed E-state index contributed by atoms with van der Waals surface area (Å²) in [6.07, 6.45) is 2.30. The normalized spacial score (nSPS) is 10.9. The molecule has 0 saturated heterocycles. The Labute approximate surface area is 173 Å². The van der Waals surface area contributed by atoms with Gasteiger partial charge in [-0.2, -0.15) is 0 Å². The number of halogens is 1. The Bertz CT molecular complexity index is 1190. The molecule has 0 aliphatic rings. The van der Waals surface area contributed by atoms with Gasteiger partial charge in [-0.15, -0.1) is 0 Å². The van der Waals surface area contributed by atoms with Crippen molar-refractivity contribution in [3.63, 3.8) is 0 Å². The molecule has 2 heterocycles. The minimum absolute atomic E-state index is 0.183. The van der Waals surface area contributed by atoms with Crippen molar-refractivity contribution in [2.24, 2.45) is 7.05 Å². The first kappa shape index (κ1) is 19.0. The molecule has 0 radical (unpaired) electrons. The topological polar surface area (TPSA) is 69.0 Å². The van der Waals surface area contributed by atoms with Gasteiger partial charge in [-0.25, -0.2) is 9.97 Å². The first-order valence-electron chi connectivity index (χ1n) is 9.09. The number of rotatable bonds is 5. The van der Waals surface area contributed by atoms with E-state index in [1.54, 1.807) is 18.3 Å². The van der Waals surface area contributed by atoms with Gasteiger partial charge in [-0.1, -0.05) is 23.7 Å². The van der Waals surface area contributed by atoms with Crippen molar-refractivity contribution < 1.29 is 9.53 Å². The number of imidazole rings is 1. The van der Waals surface area contributed by atoms with Gasteiger partial charge in [-0.3, -0.25) is 4.79 Å². The number of carbonyl (C=O) groups is 1. The summed E-state index contributed by atoms with van der Waals surface area (Å²) in [5, 5.41) is 3.36. The van der Waals surface area contributed by atoms with E-state index in [0.717, 1.165) is 27.4 Å². The fourth-order valence-electron chi connectivity index (χ4n) is 3.10. The number of benzene rings is 2. The maximum Gasteiger partial charge on any atom is 0.222 e. The molecule has 0 bridgehead atoms. The van der Waals surface area contributed by atoms with E-state index in [1.807, 2.05) is 49.5 Å². The first-order valence-corrected chi connectivity index (χ1v) is 9.47. The van der Waals surface area contributed by atoms with E-state index in [9.17, 15) is 4.79 Å². The second kappa shape index (κ2) is 7.93. The van der Waals surface area contributed by atoms with Gasteiger partial charge >= 0.3 is 0 Å². The number of anilines is 1. The maximum atomic E-state index is 11.2. The Hall–Kier alpha value is -3.38. The van der Waals surface area contributed by atoms with Crippen LogP contribution in [0.4, 0.5) is 5.82 Å². The maximum absolute atomic E-state index is 11.2. The van der Waals surface area contributed by atoms with Crippen LogP contribution in [0.3, 0.4) is 0 Å². The first-order chi connectivity index (χ1) is 14.0. The summed E-state index contributed by atoms with van der Waals surface area (Å²) in [6, 6.07) is 17.0. The summed E-state index contributed by atoms with van der Waals surface area (Å²) in [7, 11) is 2.00. The van der Waals surface area contributed by atoms with Crippen LogP contribution in [0.25, 0.3) is 11.0 Å². The zero-order valence-electron chi connectivity index (χ0n) is 16.0. The summed E-state index contributed by atoms with van der Waals surface area (Å²) >= 11 is 5.97. The quantitative estimate of drug-likeness (QED) is 0.508. The third-order valence-electron chi connectivity index (χ3n) is 4.49. The van der Waals surface area contributed by atoms with Crippen LogP contribution in [0.15, 0.2) is 60.8 Å². The molecule has 6 nitrogen and oxygen atoms in total. The van der Waals surface area contributed by atoms with E-state index < -0.39 is 0 Å². The molecular weight excluding hydrogens is 388 g/mol. The predicted molar refractivity (Wildman–Crippen MR) is 114 cm³/mol. The highest BCUT2D eigenvalue weighted by molar-refractivity contribution is 6.30. The van der Waals surface area contributed by atoms with Crippen LogP contribution < -0.4 is 10.1 Å². The summed E-state index contributed by atoms with van der Waals surface area (Å²) in [5.41, 5.74) is 3.02. The minimum Gasteiger partial charge on any atom is -0.457 e. The second-order valence-corrected chi connectivity index (χ2v) is 7.14. The van der Waals surface area contributed by atoms with Crippen molar-refractivity contribution >= 4 is 34.4 Å². The highest BCUT2D eigenvalue weighted by Gasteiger charge is 2.10. The van der Waals surface area contributed by atoms with Crippen LogP contribution in [0, 0.1) is 0 Å². The zero-order chi connectivity index (χ0) is 20.4. The average molecular weight is 407 g/mol. The number of fused-ring (bicyclic) bond motifs is 1. The summed E-state index contributed by atoms with van der Waals surface area (Å²) in [6.45, 7) is 1.44. The van der Waals surface area contributed by atoms with E-state index in [1.165, 1.54) is 6.92 Å². The standard InChI is InChI=1S/C22H19ClN4O2/c1-14(28)25-21-13-18(9-10-24-21)29-17-7-8-20-19(12-17)26-22(27(20)2)11-15-3-5-16(23)6-4-15/h3-10,12-13H,11H2,1-2H3,(H,24,25,28).